The summed E-state index contributed by atoms with van der Waals surface area (Å²) in [5, 5.41) is 0.352. The van der Waals surface area contributed by atoms with Gasteiger partial charge in [0, 0.05) is 23.6 Å². The third-order valence-electron chi connectivity index (χ3n) is 2.61. The summed E-state index contributed by atoms with van der Waals surface area (Å²) < 4.78 is 43.7. The van der Waals surface area contributed by atoms with Crippen LogP contribution in [0.3, 0.4) is 0 Å². The molecule has 0 bridgehead atoms. The monoisotopic (exact) mass is 293 g/mol. The predicted molar refractivity (Wildman–Crippen MR) is 66.4 cm³/mol. The second-order valence-electron chi connectivity index (χ2n) is 3.93. The van der Waals surface area contributed by atoms with Gasteiger partial charge in [0.2, 0.25) is 10.0 Å². The topological polar surface area (TPSA) is 55.4 Å². The van der Waals surface area contributed by atoms with Gasteiger partial charge in [-0.1, -0.05) is 11.6 Å². The van der Waals surface area contributed by atoms with Gasteiger partial charge in [0.1, 0.15) is 10.6 Å². The van der Waals surface area contributed by atoms with Gasteiger partial charge < -0.3 is 4.74 Å². The van der Waals surface area contributed by atoms with Crippen molar-refractivity contribution in [3.8, 4) is 5.75 Å². The molecule has 0 aliphatic carbocycles. The van der Waals surface area contributed by atoms with E-state index < -0.39 is 16.7 Å². The maximum Gasteiger partial charge on any atom is 0.244 e. The lowest BCUT2D eigenvalue weighted by atomic mass is 10.2. The molecular formula is C11H13ClFNO3S. The van der Waals surface area contributed by atoms with Crippen LogP contribution in [0.15, 0.2) is 17.0 Å². The average Bonchev–Trinajstić information content (AvgIpc) is 2.75. The molecule has 4 nitrogen and oxygen atoms in total. The molecule has 0 saturated heterocycles. The number of nitrogens with one attached hydrogen (secondary N) is 1. The van der Waals surface area contributed by atoms with Crippen molar-refractivity contribution in [2.24, 2.45) is 0 Å². The Morgan fingerprint density at radius 2 is 2.22 bits per heavy atom. The van der Waals surface area contributed by atoms with Crippen LogP contribution in [0, 0.1) is 0 Å². The maximum atomic E-state index is 12.0. The van der Waals surface area contributed by atoms with Gasteiger partial charge in [-0.25, -0.2) is 13.1 Å². The lowest BCUT2D eigenvalue weighted by molar-refractivity contribution is 0.348. The third kappa shape index (κ3) is 2.76. The Morgan fingerprint density at radius 1 is 1.44 bits per heavy atom. The Kier molecular flexibility index (Phi) is 4.09. The van der Waals surface area contributed by atoms with Crippen LogP contribution < -0.4 is 9.46 Å². The molecule has 2 rings (SSSR count). The summed E-state index contributed by atoms with van der Waals surface area (Å²) in [7, 11) is -3.71. The zero-order valence-corrected chi connectivity index (χ0v) is 11.2. The lowest BCUT2D eigenvalue weighted by Gasteiger charge is -2.10. The van der Waals surface area contributed by atoms with E-state index in [1.165, 1.54) is 6.07 Å². The fraction of sp³-hybridized carbons (Fsp3) is 0.455. The number of benzene rings is 1. The molecular weight excluding hydrogens is 281 g/mol. The van der Waals surface area contributed by atoms with Crippen LogP contribution in [-0.2, 0) is 16.4 Å². The van der Waals surface area contributed by atoms with Gasteiger partial charge in [-0.3, -0.25) is 4.39 Å². The maximum absolute atomic E-state index is 12.0. The van der Waals surface area contributed by atoms with E-state index in [2.05, 4.69) is 4.72 Å². The minimum absolute atomic E-state index is 0.0290. The molecule has 0 atom stereocenters. The number of halogens is 2. The summed E-state index contributed by atoms with van der Waals surface area (Å²) in [6.07, 6.45) is 0.783. The largest absolute Gasteiger partial charge is 0.492 e. The van der Waals surface area contributed by atoms with Crippen LogP contribution in [0.5, 0.6) is 5.75 Å². The number of rotatable bonds is 5. The van der Waals surface area contributed by atoms with Gasteiger partial charge >= 0.3 is 0 Å². The van der Waals surface area contributed by atoms with E-state index in [1.807, 2.05) is 0 Å². The summed E-state index contributed by atoms with van der Waals surface area (Å²) in [5.74, 6) is 0.354. The molecule has 1 N–H and O–H groups in total. The van der Waals surface area contributed by atoms with Crippen LogP contribution in [0.2, 0.25) is 5.02 Å². The fourth-order valence-corrected chi connectivity index (χ4v) is 3.38. The normalized spacial score (nSPS) is 14.3. The standard InChI is InChI=1S/C11H13ClFNO3S/c12-9-6-8-2-5-17-11(8)10(7-9)18(15,16)14-4-1-3-13/h6-7,14H,1-5H2. The van der Waals surface area contributed by atoms with Gasteiger partial charge in [-0.15, -0.1) is 0 Å². The van der Waals surface area contributed by atoms with E-state index in [0.717, 1.165) is 5.56 Å². The highest BCUT2D eigenvalue weighted by Gasteiger charge is 2.25. The number of hydrogen-bond donors (Lipinski definition) is 1. The van der Waals surface area contributed by atoms with Crippen LogP contribution in [0.1, 0.15) is 12.0 Å². The SMILES string of the molecule is O=S(=O)(NCCCF)c1cc(Cl)cc2c1OCC2. The molecule has 0 unspecified atom stereocenters. The first kappa shape index (κ1) is 13.6. The van der Waals surface area contributed by atoms with Crippen molar-refractivity contribution in [2.45, 2.75) is 17.7 Å². The van der Waals surface area contributed by atoms with Crippen molar-refractivity contribution in [3.05, 3.63) is 22.7 Å². The summed E-state index contributed by atoms with van der Waals surface area (Å²) >= 11 is 5.89. The van der Waals surface area contributed by atoms with E-state index in [1.54, 1.807) is 6.07 Å². The minimum Gasteiger partial charge on any atom is -0.492 e. The smallest absolute Gasteiger partial charge is 0.244 e. The Hall–Kier alpha value is -0.850. The molecule has 0 spiro atoms. The molecule has 1 aliphatic heterocycles. The predicted octanol–water partition coefficient (Wildman–Crippen LogP) is 1.91. The number of hydrogen-bond acceptors (Lipinski definition) is 3. The van der Waals surface area contributed by atoms with Gasteiger partial charge in [-0.05, 0) is 18.6 Å². The van der Waals surface area contributed by atoms with Crippen LogP contribution in [0.25, 0.3) is 0 Å². The second kappa shape index (κ2) is 5.42. The summed E-state index contributed by atoms with van der Waals surface area (Å²) in [6.45, 7) is -0.0601. The number of sulfonamides is 1. The van der Waals surface area contributed by atoms with E-state index in [9.17, 15) is 12.8 Å². The van der Waals surface area contributed by atoms with Crippen molar-refractivity contribution in [1.82, 2.24) is 4.72 Å². The number of fused-ring (bicyclic) bond motifs is 1. The van der Waals surface area contributed by atoms with Gasteiger partial charge in [-0.2, -0.15) is 0 Å². The fourth-order valence-electron chi connectivity index (χ4n) is 1.79. The summed E-state index contributed by atoms with van der Waals surface area (Å²) in [6, 6.07) is 3.05. The van der Waals surface area contributed by atoms with Crippen molar-refractivity contribution in [3.63, 3.8) is 0 Å². The zero-order valence-electron chi connectivity index (χ0n) is 9.58. The molecule has 18 heavy (non-hydrogen) atoms. The summed E-state index contributed by atoms with van der Waals surface area (Å²) in [4.78, 5) is 0.0290. The van der Waals surface area contributed by atoms with Crippen molar-refractivity contribution < 1.29 is 17.5 Å². The number of alkyl halides is 1. The molecule has 0 radical (unpaired) electrons. The van der Waals surface area contributed by atoms with Crippen LogP contribution in [0.4, 0.5) is 4.39 Å². The Labute approximate surface area is 110 Å². The Morgan fingerprint density at radius 3 is 2.94 bits per heavy atom. The molecule has 1 aromatic carbocycles. The van der Waals surface area contributed by atoms with E-state index in [-0.39, 0.29) is 17.9 Å². The molecule has 1 heterocycles. The molecule has 0 saturated carbocycles. The first-order valence-corrected chi connectivity index (χ1v) is 7.41. The highest BCUT2D eigenvalue weighted by atomic mass is 35.5. The highest BCUT2D eigenvalue weighted by molar-refractivity contribution is 7.89. The van der Waals surface area contributed by atoms with Crippen molar-refractivity contribution >= 4 is 21.6 Å². The number of ether oxygens (including phenoxy) is 1. The van der Waals surface area contributed by atoms with Gasteiger partial charge in [0.15, 0.2) is 0 Å². The van der Waals surface area contributed by atoms with Crippen molar-refractivity contribution in [2.75, 3.05) is 19.8 Å². The quantitative estimate of drug-likeness (QED) is 0.844. The van der Waals surface area contributed by atoms with Gasteiger partial charge in [0.05, 0.1) is 13.3 Å². The van der Waals surface area contributed by atoms with E-state index in [0.29, 0.717) is 23.8 Å². The summed E-state index contributed by atoms with van der Waals surface area (Å²) in [5.41, 5.74) is 0.786. The zero-order chi connectivity index (χ0) is 13.2. The van der Waals surface area contributed by atoms with Crippen LogP contribution >= 0.6 is 11.6 Å². The molecule has 1 aliphatic rings. The highest BCUT2D eigenvalue weighted by Crippen LogP contribution is 2.35. The van der Waals surface area contributed by atoms with E-state index >= 15 is 0 Å². The Balaban J connectivity index is 2.33. The van der Waals surface area contributed by atoms with Crippen LogP contribution in [-0.4, -0.2) is 28.2 Å². The molecule has 1 aromatic rings. The second-order valence-corrected chi connectivity index (χ2v) is 6.10. The minimum atomic E-state index is -3.71. The molecule has 0 aromatic heterocycles. The molecule has 0 amide bonds. The molecule has 0 fully saturated rings. The average molecular weight is 294 g/mol. The van der Waals surface area contributed by atoms with Gasteiger partial charge in [0.25, 0.3) is 0 Å². The first-order chi connectivity index (χ1) is 8.54. The molecule has 7 heteroatoms. The Bertz CT molecular complexity index is 547. The third-order valence-corrected chi connectivity index (χ3v) is 4.29. The molecule has 100 valence electrons. The van der Waals surface area contributed by atoms with E-state index in [4.69, 9.17) is 16.3 Å². The lowest BCUT2D eigenvalue weighted by Crippen LogP contribution is -2.25. The first-order valence-electron chi connectivity index (χ1n) is 5.55. The van der Waals surface area contributed by atoms with Crippen molar-refractivity contribution in [1.29, 1.82) is 0 Å².